The molecule has 0 aliphatic rings. The molecule has 76 valence electrons. The average molecular weight is 185 g/mol. The highest BCUT2D eigenvalue weighted by Crippen LogP contribution is 2.09. The molecule has 1 N–H and O–H groups in total. The predicted octanol–water partition coefficient (Wildman–Crippen LogP) is 3.19. The summed E-state index contributed by atoms with van der Waals surface area (Å²) in [6, 6.07) is 0.333. The molecule has 0 heterocycles. The van der Waals surface area contributed by atoms with Crippen molar-refractivity contribution in [3.05, 3.63) is 23.4 Å². The van der Waals surface area contributed by atoms with Crippen LogP contribution in [0, 0.1) is 0 Å². The van der Waals surface area contributed by atoms with Crippen LogP contribution in [-0.2, 0) is 0 Å². The van der Waals surface area contributed by atoms with E-state index in [1.54, 1.807) is 6.08 Å². The monoisotopic (exact) mass is 185 g/mol. The maximum atomic E-state index is 12.8. The van der Waals surface area contributed by atoms with E-state index >= 15 is 0 Å². The molecule has 0 aromatic rings. The van der Waals surface area contributed by atoms with E-state index in [2.05, 4.69) is 5.32 Å². The van der Waals surface area contributed by atoms with Gasteiger partial charge in [0.05, 0.1) is 0 Å². The maximum absolute atomic E-state index is 12.8. The van der Waals surface area contributed by atoms with Gasteiger partial charge in [0, 0.05) is 11.7 Å². The van der Waals surface area contributed by atoms with Gasteiger partial charge in [0.2, 0.25) is 0 Å². The zero-order chi connectivity index (χ0) is 10.4. The Labute approximate surface area is 80.7 Å². The predicted molar refractivity (Wildman–Crippen MR) is 56.4 cm³/mol. The van der Waals surface area contributed by atoms with Crippen molar-refractivity contribution in [2.45, 2.75) is 46.8 Å². The summed E-state index contributed by atoms with van der Waals surface area (Å²) in [6.45, 7) is 9.54. The molecule has 0 bridgehead atoms. The number of hydrogen-bond acceptors (Lipinski definition) is 1. The van der Waals surface area contributed by atoms with Gasteiger partial charge in [-0.1, -0.05) is 6.08 Å². The van der Waals surface area contributed by atoms with Crippen LogP contribution in [0.4, 0.5) is 4.39 Å². The summed E-state index contributed by atoms with van der Waals surface area (Å²) < 4.78 is 12.8. The van der Waals surface area contributed by atoms with Crippen LogP contribution in [-0.4, -0.2) is 12.2 Å². The third kappa shape index (κ3) is 5.45. The van der Waals surface area contributed by atoms with Gasteiger partial charge >= 0.3 is 0 Å². The Morgan fingerprint density at radius 2 is 1.85 bits per heavy atom. The van der Waals surface area contributed by atoms with Crippen molar-refractivity contribution in [1.29, 1.82) is 0 Å². The van der Waals surface area contributed by atoms with E-state index in [9.17, 15) is 4.39 Å². The highest BCUT2D eigenvalue weighted by molar-refractivity contribution is 5.28. The van der Waals surface area contributed by atoms with Gasteiger partial charge in [-0.3, -0.25) is 0 Å². The number of nitrogens with one attached hydrogen (secondary N) is 1. The molecule has 0 saturated heterocycles. The van der Waals surface area contributed by atoms with E-state index in [0.717, 1.165) is 11.3 Å². The Balaban J connectivity index is 4.56. The second-order valence-electron chi connectivity index (χ2n) is 3.53. The van der Waals surface area contributed by atoms with Crippen LogP contribution >= 0.6 is 0 Å². The maximum Gasteiger partial charge on any atom is 0.118 e. The number of allylic oxidation sites excluding steroid dienone is 3. The zero-order valence-corrected chi connectivity index (χ0v) is 9.19. The largest absolute Gasteiger partial charge is 0.383 e. The third-order valence-electron chi connectivity index (χ3n) is 1.70. The van der Waals surface area contributed by atoms with Gasteiger partial charge in [0.15, 0.2) is 0 Å². The molecule has 0 aliphatic heterocycles. The molecular formula is C11H20FN. The first-order chi connectivity index (χ1) is 5.97. The Morgan fingerprint density at radius 3 is 2.15 bits per heavy atom. The highest BCUT2D eigenvalue weighted by atomic mass is 19.1. The van der Waals surface area contributed by atoms with Crippen LogP contribution in [0.15, 0.2) is 23.4 Å². The number of rotatable bonds is 4. The lowest BCUT2D eigenvalue weighted by Gasteiger charge is -2.15. The quantitative estimate of drug-likeness (QED) is 0.663. The van der Waals surface area contributed by atoms with Crippen LogP contribution < -0.4 is 5.32 Å². The van der Waals surface area contributed by atoms with Crippen LogP contribution in [0.2, 0.25) is 0 Å². The van der Waals surface area contributed by atoms with Gasteiger partial charge in [0.1, 0.15) is 6.17 Å². The molecule has 0 amide bonds. The summed E-state index contributed by atoms with van der Waals surface area (Å²) >= 11 is 0. The Morgan fingerprint density at radius 1 is 1.31 bits per heavy atom. The molecule has 13 heavy (non-hydrogen) atoms. The molecule has 0 aliphatic carbocycles. The summed E-state index contributed by atoms with van der Waals surface area (Å²) in [5, 5.41) is 3.21. The minimum absolute atomic E-state index is 0.333. The number of alkyl halides is 1. The highest BCUT2D eigenvalue weighted by Gasteiger charge is 2.03. The standard InChI is InChI=1S/C11H20FN/c1-6-9(4)11(7-10(5)12)13-8(2)3/h6-8,10,13H,1-5H3/b9-6-,11-7+. The molecule has 0 rings (SSSR count). The molecule has 2 heteroatoms. The smallest absolute Gasteiger partial charge is 0.118 e. The summed E-state index contributed by atoms with van der Waals surface area (Å²) in [6.07, 6.45) is 2.68. The molecule has 1 atom stereocenters. The van der Waals surface area contributed by atoms with Crippen molar-refractivity contribution in [2.75, 3.05) is 0 Å². The molecular weight excluding hydrogens is 165 g/mol. The SMILES string of the molecule is C/C=C(C)\C(=C/C(C)F)NC(C)C. The minimum atomic E-state index is -0.906. The lowest BCUT2D eigenvalue weighted by Crippen LogP contribution is -2.23. The van der Waals surface area contributed by atoms with Gasteiger partial charge in [-0.25, -0.2) is 4.39 Å². The van der Waals surface area contributed by atoms with E-state index in [1.165, 1.54) is 6.92 Å². The Hall–Kier alpha value is -0.790. The number of halogens is 1. The molecule has 0 radical (unpaired) electrons. The Kier molecular flexibility index (Phi) is 5.44. The first-order valence-corrected chi connectivity index (χ1v) is 4.73. The minimum Gasteiger partial charge on any atom is -0.383 e. The van der Waals surface area contributed by atoms with Crippen molar-refractivity contribution >= 4 is 0 Å². The van der Waals surface area contributed by atoms with Crippen molar-refractivity contribution < 1.29 is 4.39 Å². The molecule has 0 fully saturated rings. The fourth-order valence-electron chi connectivity index (χ4n) is 0.990. The summed E-state index contributed by atoms with van der Waals surface area (Å²) in [5.74, 6) is 0. The van der Waals surface area contributed by atoms with Crippen molar-refractivity contribution in [2.24, 2.45) is 0 Å². The molecule has 0 saturated carbocycles. The van der Waals surface area contributed by atoms with E-state index in [0.29, 0.717) is 6.04 Å². The average Bonchev–Trinajstić information content (AvgIpc) is 2.00. The van der Waals surface area contributed by atoms with Crippen LogP contribution in [0.25, 0.3) is 0 Å². The Bertz CT molecular complexity index is 202. The van der Waals surface area contributed by atoms with E-state index in [-0.39, 0.29) is 0 Å². The van der Waals surface area contributed by atoms with Crippen molar-refractivity contribution in [3.63, 3.8) is 0 Å². The second kappa shape index (κ2) is 5.79. The molecule has 0 aromatic carbocycles. The van der Waals surface area contributed by atoms with Crippen LogP contribution in [0.1, 0.15) is 34.6 Å². The molecule has 1 unspecified atom stereocenters. The van der Waals surface area contributed by atoms with E-state index < -0.39 is 6.17 Å². The molecule has 0 aromatic heterocycles. The van der Waals surface area contributed by atoms with E-state index in [1.807, 2.05) is 33.8 Å². The summed E-state index contributed by atoms with van der Waals surface area (Å²) in [5.41, 5.74) is 1.98. The molecule has 1 nitrogen and oxygen atoms in total. The van der Waals surface area contributed by atoms with Gasteiger partial charge in [-0.05, 0) is 46.3 Å². The van der Waals surface area contributed by atoms with Gasteiger partial charge in [0.25, 0.3) is 0 Å². The fraction of sp³-hybridized carbons (Fsp3) is 0.636. The first-order valence-electron chi connectivity index (χ1n) is 4.73. The van der Waals surface area contributed by atoms with Crippen molar-refractivity contribution in [3.8, 4) is 0 Å². The third-order valence-corrected chi connectivity index (χ3v) is 1.70. The fourth-order valence-corrected chi connectivity index (χ4v) is 0.990. The lowest BCUT2D eigenvalue weighted by molar-refractivity contribution is 0.426. The summed E-state index contributed by atoms with van der Waals surface area (Å²) in [7, 11) is 0. The van der Waals surface area contributed by atoms with Crippen LogP contribution in [0.5, 0.6) is 0 Å². The topological polar surface area (TPSA) is 12.0 Å². The van der Waals surface area contributed by atoms with Crippen molar-refractivity contribution in [1.82, 2.24) is 5.32 Å². The molecule has 0 spiro atoms. The second-order valence-corrected chi connectivity index (χ2v) is 3.53. The van der Waals surface area contributed by atoms with Gasteiger partial charge in [-0.2, -0.15) is 0 Å². The summed E-state index contributed by atoms with van der Waals surface area (Å²) in [4.78, 5) is 0. The van der Waals surface area contributed by atoms with Crippen LogP contribution in [0.3, 0.4) is 0 Å². The van der Waals surface area contributed by atoms with Gasteiger partial charge < -0.3 is 5.32 Å². The lowest BCUT2D eigenvalue weighted by atomic mass is 10.1. The number of hydrogen-bond donors (Lipinski definition) is 1. The normalized spacial score (nSPS) is 16.2. The van der Waals surface area contributed by atoms with E-state index in [4.69, 9.17) is 0 Å². The first kappa shape index (κ1) is 12.2. The van der Waals surface area contributed by atoms with Gasteiger partial charge in [-0.15, -0.1) is 0 Å². The zero-order valence-electron chi connectivity index (χ0n) is 9.19.